The molecule has 0 saturated heterocycles. The van der Waals surface area contributed by atoms with E-state index in [2.05, 4.69) is 55.5 Å². The Morgan fingerprint density at radius 1 is 0.611 bits per heavy atom. The Balaban J connectivity index is 1.57. The van der Waals surface area contributed by atoms with Gasteiger partial charge in [-0.3, -0.25) is 0 Å². The average molecular weight is 483 g/mol. The van der Waals surface area contributed by atoms with Gasteiger partial charge in [-0.25, -0.2) is 0 Å². The number of rotatable bonds is 3. The van der Waals surface area contributed by atoms with Gasteiger partial charge in [-0.1, -0.05) is 44.0 Å². The summed E-state index contributed by atoms with van der Waals surface area (Å²) in [4.78, 5) is 0. The molecule has 0 amide bonds. The van der Waals surface area contributed by atoms with Crippen LogP contribution in [-0.4, -0.2) is 27.4 Å². The van der Waals surface area contributed by atoms with Crippen LogP contribution in [0.2, 0.25) is 0 Å². The molecule has 36 heavy (non-hydrogen) atoms. The molecule has 0 bridgehead atoms. The van der Waals surface area contributed by atoms with Gasteiger partial charge in [0.2, 0.25) is 0 Å². The van der Waals surface area contributed by atoms with Crippen molar-refractivity contribution >= 4 is 21.5 Å². The number of ether oxygens (including phenoxy) is 4. The molecule has 0 unspecified atom stereocenters. The molecule has 1 fully saturated rings. The summed E-state index contributed by atoms with van der Waals surface area (Å²) in [7, 11) is 3.42. The van der Waals surface area contributed by atoms with Crippen LogP contribution in [0.4, 0.5) is 0 Å². The van der Waals surface area contributed by atoms with Gasteiger partial charge >= 0.3 is 0 Å². The zero-order chi connectivity index (χ0) is 24.6. The molecule has 1 aliphatic carbocycles. The van der Waals surface area contributed by atoms with E-state index in [-0.39, 0.29) is 0 Å². The van der Waals surface area contributed by atoms with E-state index in [9.17, 15) is 0 Å². The van der Waals surface area contributed by atoms with Gasteiger partial charge in [0, 0.05) is 17.0 Å². The van der Waals surface area contributed by atoms with Crippen LogP contribution in [0.25, 0.3) is 32.7 Å². The summed E-state index contributed by atoms with van der Waals surface area (Å²) in [5.74, 6) is 5.25. The second kappa shape index (κ2) is 9.57. The molecular formula is C32H34O4. The summed E-state index contributed by atoms with van der Waals surface area (Å²) in [6.07, 6.45) is 5.09. The first-order chi connectivity index (χ1) is 17.6. The Morgan fingerprint density at radius 2 is 1.08 bits per heavy atom. The zero-order valence-corrected chi connectivity index (χ0v) is 21.4. The van der Waals surface area contributed by atoms with Crippen molar-refractivity contribution in [2.45, 2.75) is 32.6 Å². The molecule has 0 radical (unpaired) electrons. The van der Waals surface area contributed by atoms with Crippen molar-refractivity contribution in [3.05, 3.63) is 60.7 Å². The maximum atomic E-state index is 6.69. The quantitative estimate of drug-likeness (QED) is 0.297. The number of hydrogen-bond donors (Lipinski definition) is 0. The molecule has 0 aromatic heterocycles. The Hall–Kier alpha value is -3.40. The third kappa shape index (κ3) is 4.13. The smallest absolute Gasteiger partial charge is 0.127 e. The molecule has 1 aliphatic heterocycles. The van der Waals surface area contributed by atoms with Crippen molar-refractivity contribution in [3.63, 3.8) is 0 Å². The Labute approximate surface area is 213 Å². The zero-order valence-electron chi connectivity index (χ0n) is 21.4. The molecule has 4 nitrogen and oxygen atoms in total. The predicted octanol–water partition coefficient (Wildman–Crippen LogP) is 7.89. The minimum atomic E-state index is 0.360. The highest BCUT2D eigenvalue weighted by Gasteiger charge is 2.30. The molecule has 2 aliphatic rings. The molecule has 4 aromatic carbocycles. The number of fused-ring (bicyclic) bond motifs is 7. The Kier molecular flexibility index (Phi) is 6.12. The molecule has 4 aromatic rings. The van der Waals surface area contributed by atoms with Gasteiger partial charge < -0.3 is 18.9 Å². The lowest BCUT2D eigenvalue weighted by atomic mass is 9.77. The summed E-state index contributed by atoms with van der Waals surface area (Å²) in [6, 6.07) is 21.0. The predicted molar refractivity (Wildman–Crippen MR) is 146 cm³/mol. The van der Waals surface area contributed by atoms with Crippen LogP contribution >= 0.6 is 0 Å². The maximum absolute atomic E-state index is 6.69. The molecule has 0 atom stereocenters. The third-order valence-corrected chi connectivity index (χ3v) is 8.26. The minimum absolute atomic E-state index is 0.360. The maximum Gasteiger partial charge on any atom is 0.127 e. The van der Waals surface area contributed by atoms with E-state index < -0.39 is 0 Å². The summed E-state index contributed by atoms with van der Waals surface area (Å²) in [6.45, 7) is 3.70. The minimum Gasteiger partial charge on any atom is -0.497 e. The van der Waals surface area contributed by atoms with Gasteiger partial charge in [-0.05, 0) is 82.6 Å². The molecule has 1 heterocycles. The molecule has 186 valence electrons. The van der Waals surface area contributed by atoms with E-state index in [1.807, 2.05) is 12.1 Å². The number of benzene rings is 4. The standard InChI is InChI=1S/C32H34O4/c1-20-4-6-21(7-5-20)24-18-35-29-14-10-22-8-12-25(33-2)16-27(22)31(29)32-28-17-26(34-3)13-9-23(28)11-15-30(32)36-19-24/h8-17,20-21,24H,4-7,18-19H2,1-3H3. The van der Waals surface area contributed by atoms with Gasteiger partial charge in [0.05, 0.1) is 27.4 Å². The van der Waals surface area contributed by atoms with Crippen LogP contribution in [0.15, 0.2) is 60.7 Å². The SMILES string of the molecule is COc1ccc2ccc3c(c2c1)-c1c(ccc2ccc(OC)cc12)OCC(C1CCC(C)CC1)CO3. The normalized spacial score (nSPS) is 20.3. The first kappa shape index (κ1) is 23.0. The highest BCUT2D eigenvalue weighted by atomic mass is 16.5. The van der Waals surface area contributed by atoms with Gasteiger partial charge in [-0.2, -0.15) is 0 Å². The molecular weight excluding hydrogens is 448 g/mol. The van der Waals surface area contributed by atoms with Gasteiger partial charge in [-0.15, -0.1) is 0 Å². The highest BCUT2D eigenvalue weighted by molar-refractivity contribution is 6.10. The van der Waals surface area contributed by atoms with Crippen LogP contribution in [0.1, 0.15) is 32.6 Å². The first-order valence-corrected chi connectivity index (χ1v) is 13.1. The molecule has 0 N–H and O–H groups in total. The molecule has 1 saturated carbocycles. The highest BCUT2D eigenvalue weighted by Crippen LogP contribution is 2.48. The van der Waals surface area contributed by atoms with E-state index in [0.29, 0.717) is 25.0 Å². The van der Waals surface area contributed by atoms with Crippen molar-refractivity contribution in [1.29, 1.82) is 0 Å². The van der Waals surface area contributed by atoms with Crippen LogP contribution < -0.4 is 18.9 Å². The molecule has 6 rings (SSSR count). The second-order valence-electron chi connectivity index (χ2n) is 10.5. The Morgan fingerprint density at radius 3 is 1.56 bits per heavy atom. The van der Waals surface area contributed by atoms with Crippen molar-refractivity contribution < 1.29 is 18.9 Å². The fraction of sp³-hybridized carbons (Fsp3) is 0.375. The van der Waals surface area contributed by atoms with E-state index in [1.54, 1.807) is 14.2 Å². The third-order valence-electron chi connectivity index (χ3n) is 8.26. The van der Waals surface area contributed by atoms with Crippen molar-refractivity contribution in [2.75, 3.05) is 27.4 Å². The summed E-state index contributed by atoms with van der Waals surface area (Å²) in [5.41, 5.74) is 2.11. The summed E-state index contributed by atoms with van der Waals surface area (Å²) >= 11 is 0. The number of methoxy groups -OCH3 is 2. The molecule has 0 spiro atoms. The van der Waals surface area contributed by atoms with Crippen LogP contribution in [-0.2, 0) is 0 Å². The van der Waals surface area contributed by atoms with Crippen molar-refractivity contribution in [3.8, 4) is 34.1 Å². The van der Waals surface area contributed by atoms with Crippen molar-refractivity contribution in [2.24, 2.45) is 17.8 Å². The fourth-order valence-electron chi connectivity index (χ4n) is 6.04. The fourth-order valence-corrected chi connectivity index (χ4v) is 6.04. The summed E-state index contributed by atoms with van der Waals surface area (Å²) in [5, 5.41) is 4.47. The molecule has 4 heteroatoms. The first-order valence-electron chi connectivity index (χ1n) is 13.1. The van der Waals surface area contributed by atoms with Crippen LogP contribution in [0.5, 0.6) is 23.0 Å². The lowest BCUT2D eigenvalue weighted by molar-refractivity contribution is 0.102. The van der Waals surface area contributed by atoms with Gasteiger partial charge in [0.1, 0.15) is 23.0 Å². The summed E-state index contributed by atoms with van der Waals surface area (Å²) < 4.78 is 24.6. The van der Waals surface area contributed by atoms with Crippen molar-refractivity contribution in [1.82, 2.24) is 0 Å². The lowest BCUT2D eigenvalue weighted by Gasteiger charge is -2.32. The van der Waals surface area contributed by atoms with E-state index in [1.165, 1.54) is 25.7 Å². The van der Waals surface area contributed by atoms with E-state index >= 15 is 0 Å². The van der Waals surface area contributed by atoms with E-state index in [0.717, 1.165) is 61.6 Å². The average Bonchev–Trinajstić information content (AvgIpc) is 3.00. The van der Waals surface area contributed by atoms with Crippen LogP contribution in [0, 0.1) is 17.8 Å². The Bertz CT molecular complexity index is 1300. The van der Waals surface area contributed by atoms with E-state index in [4.69, 9.17) is 18.9 Å². The van der Waals surface area contributed by atoms with Gasteiger partial charge in [0.15, 0.2) is 0 Å². The monoisotopic (exact) mass is 482 g/mol. The topological polar surface area (TPSA) is 36.9 Å². The van der Waals surface area contributed by atoms with Gasteiger partial charge in [0.25, 0.3) is 0 Å². The van der Waals surface area contributed by atoms with Crippen LogP contribution in [0.3, 0.4) is 0 Å². The lowest BCUT2D eigenvalue weighted by Crippen LogP contribution is -2.30. The number of hydrogen-bond acceptors (Lipinski definition) is 4. The largest absolute Gasteiger partial charge is 0.497 e. The second-order valence-corrected chi connectivity index (χ2v) is 10.5.